The average molecular weight is 252 g/mol. The van der Waals surface area contributed by atoms with Crippen molar-refractivity contribution in [2.45, 2.75) is 32.2 Å². The Labute approximate surface area is 103 Å². The third-order valence-electron chi connectivity index (χ3n) is 1.97. The maximum atomic E-state index is 5.65. The van der Waals surface area contributed by atoms with E-state index in [-0.39, 0.29) is 24.8 Å². The topological polar surface area (TPSA) is 64.9 Å². The Morgan fingerprint density at radius 2 is 2.00 bits per heavy atom. The number of nitrogens with two attached hydrogens (primary N) is 2. The molecule has 0 aromatic carbocycles. The molecule has 1 atom stereocenters. The first-order chi connectivity index (χ1) is 6.18. The third kappa shape index (κ3) is 7.42. The van der Waals surface area contributed by atoms with E-state index in [1.165, 1.54) is 5.56 Å². The second-order valence-electron chi connectivity index (χ2n) is 3.46. The standard InChI is InChI=1S/C10H17N3.2ClH/c1-8(11)3-2-4-9-5-6-10(12)13-7-9;;/h5-8H,2-4,11H2,1H3,(H2,12,13);2*1H/t8-;;/m0../s1. The van der Waals surface area contributed by atoms with Crippen molar-refractivity contribution in [3.63, 3.8) is 0 Å². The van der Waals surface area contributed by atoms with Crippen molar-refractivity contribution in [1.29, 1.82) is 0 Å². The molecule has 0 fully saturated rings. The maximum absolute atomic E-state index is 5.65. The number of rotatable bonds is 4. The van der Waals surface area contributed by atoms with Gasteiger partial charge in [0.15, 0.2) is 0 Å². The summed E-state index contributed by atoms with van der Waals surface area (Å²) in [6.07, 6.45) is 5.04. The summed E-state index contributed by atoms with van der Waals surface area (Å²) in [6.45, 7) is 2.03. The van der Waals surface area contributed by atoms with Crippen molar-refractivity contribution in [3.8, 4) is 0 Å². The van der Waals surface area contributed by atoms with Crippen LogP contribution in [-0.4, -0.2) is 11.0 Å². The average Bonchev–Trinajstić information content (AvgIpc) is 2.08. The summed E-state index contributed by atoms with van der Waals surface area (Å²) in [5.74, 6) is 0.580. The summed E-state index contributed by atoms with van der Waals surface area (Å²) in [4.78, 5) is 4.02. The second kappa shape index (κ2) is 8.77. The minimum absolute atomic E-state index is 0. The van der Waals surface area contributed by atoms with E-state index in [9.17, 15) is 0 Å². The van der Waals surface area contributed by atoms with Crippen LogP contribution in [0.3, 0.4) is 0 Å². The Balaban J connectivity index is 0. The number of nitrogen functional groups attached to an aromatic ring is 1. The highest BCUT2D eigenvalue weighted by Crippen LogP contribution is 2.06. The molecule has 0 aliphatic heterocycles. The van der Waals surface area contributed by atoms with Crippen molar-refractivity contribution < 1.29 is 0 Å². The van der Waals surface area contributed by atoms with Gasteiger partial charge in [0.25, 0.3) is 0 Å². The number of hydrogen-bond acceptors (Lipinski definition) is 3. The number of pyridine rings is 1. The van der Waals surface area contributed by atoms with E-state index in [1.807, 2.05) is 25.3 Å². The molecule has 1 heterocycles. The van der Waals surface area contributed by atoms with Crippen molar-refractivity contribution >= 4 is 30.6 Å². The molecular formula is C10H19Cl2N3. The van der Waals surface area contributed by atoms with Gasteiger partial charge in [0, 0.05) is 12.2 Å². The first-order valence-electron chi connectivity index (χ1n) is 4.64. The van der Waals surface area contributed by atoms with Gasteiger partial charge in [-0.3, -0.25) is 0 Å². The van der Waals surface area contributed by atoms with E-state index < -0.39 is 0 Å². The maximum Gasteiger partial charge on any atom is 0.123 e. The Hall–Kier alpha value is -0.510. The lowest BCUT2D eigenvalue weighted by molar-refractivity contribution is 0.624. The summed E-state index contributed by atoms with van der Waals surface area (Å²) in [5.41, 5.74) is 12.3. The molecular weight excluding hydrogens is 233 g/mol. The Morgan fingerprint density at radius 3 is 2.47 bits per heavy atom. The van der Waals surface area contributed by atoms with Crippen LogP contribution in [0.5, 0.6) is 0 Å². The molecule has 4 N–H and O–H groups in total. The van der Waals surface area contributed by atoms with E-state index in [1.54, 1.807) is 0 Å². The fourth-order valence-electron chi connectivity index (χ4n) is 1.21. The fraction of sp³-hybridized carbons (Fsp3) is 0.500. The molecule has 15 heavy (non-hydrogen) atoms. The van der Waals surface area contributed by atoms with Crippen LogP contribution in [0.4, 0.5) is 5.82 Å². The molecule has 1 aromatic heterocycles. The van der Waals surface area contributed by atoms with Gasteiger partial charge < -0.3 is 11.5 Å². The Bertz CT molecular complexity index is 249. The van der Waals surface area contributed by atoms with Gasteiger partial charge in [-0.2, -0.15) is 0 Å². The SMILES string of the molecule is C[C@H](N)CCCc1ccc(N)nc1.Cl.Cl. The Kier molecular flexibility index (Phi) is 9.88. The lowest BCUT2D eigenvalue weighted by Gasteiger charge is -2.04. The van der Waals surface area contributed by atoms with Gasteiger partial charge in [0.2, 0.25) is 0 Å². The van der Waals surface area contributed by atoms with Gasteiger partial charge in [-0.25, -0.2) is 4.98 Å². The van der Waals surface area contributed by atoms with Crippen LogP contribution in [0.2, 0.25) is 0 Å². The summed E-state index contributed by atoms with van der Waals surface area (Å²) in [5, 5.41) is 0. The number of aryl methyl sites for hydroxylation is 1. The third-order valence-corrected chi connectivity index (χ3v) is 1.97. The van der Waals surface area contributed by atoms with Crippen LogP contribution in [-0.2, 0) is 6.42 Å². The van der Waals surface area contributed by atoms with Gasteiger partial charge in [0.1, 0.15) is 5.82 Å². The largest absolute Gasteiger partial charge is 0.384 e. The molecule has 0 spiro atoms. The Morgan fingerprint density at radius 1 is 1.33 bits per heavy atom. The van der Waals surface area contributed by atoms with Gasteiger partial charge in [-0.15, -0.1) is 24.8 Å². The van der Waals surface area contributed by atoms with Crippen LogP contribution in [0.1, 0.15) is 25.3 Å². The molecule has 0 amide bonds. The van der Waals surface area contributed by atoms with E-state index in [2.05, 4.69) is 4.98 Å². The zero-order valence-corrected chi connectivity index (χ0v) is 10.5. The van der Waals surface area contributed by atoms with E-state index >= 15 is 0 Å². The number of aromatic nitrogens is 1. The van der Waals surface area contributed by atoms with Crippen LogP contribution in [0.15, 0.2) is 18.3 Å². The number of anilines is 1. The van der Waals surface area contributed by atoms with Gasteiger partial charge in [-0.1, -0.05) is 6.07 Å². The van der Waals surface area contributed by atoms with Crippen LogP contribution in [0.25, 0.3) is 0 Å². The molecule has 0 radical (unpaired) electrons. The summed E-state index contributed by atoms with van der Waals surface area (Å²) >= 11 is 0. The van der Waals surface area contributed by atoms with E-state index in [0.29, 0.717) is 11.9 Å². The molecule has 0 bridgehead atoms. The van der Waals surface area contributed by atoms with Crippen LogP contribution >= 0.6 is 24.8 Å². The lowest BCUT2D eigenvalue weighted by atomic mass is 10.1. The predicted molar refractivity (Wildman–Crippen MR) is 69.7 cm³/mol. The quantitative estimate of drug-likeness (QED) is 0.863. The zero-order valence-electron chi connectivity index (χ0n) is 8.85. The van der Waals surface area contributed by atoms with Crippen molar-refractivity contribution in [3.05, 3.63) is 23.9 Å². The molecule has 5 heteroatoms. The smallest absolute Gasteiger partial charge is 0.123 e. The molecule has 0 aliphatic rings. The van der Waals surface area contributed by atoms with Crippen LogP contribution < -0.4 is 11.5 Å². The van der Waals surface area contributed by atoms with Crippen molar-refractivity contribution in [1.82, 2.24) is 4.98 Å². The highest BCUT2D eigenvalue weighted by atomic mass is 35.5. The molecule has 0 saturated heterocycles. The molecule has 0 saturated carbocycles. The first-order valence-corrected chi connectivity index (χ1v) is 4.64. The normalized spacial score (nSPS) is 11.1. The van der Waals surface area contributed by atoms with Crippen molar-refractivity contribution in [2.24, 2.45) is 5.73 Å². The molecule has 3 nitrogen and oxygen atoms in total. The van der Waals surface area contributed by atoms with Gasteiger partial charge in [-0.05, 0) is 37.8 Å². The first kappa shape index (κ1) is 16.9. The fourth-order valence-corrected chi connectivity index (χ4v) is 1.21. The van der Waals surface area contributed by atoms with Crippen LogP contribution in [0, 0.1) is 0 Å². The van der Waals surface area contributed by atoms with Crippen molar-refractivity contribution in [2.75, 3.05) is 5.73 Å². The van der Waals surface area contributed by atoms with E-state index in [0.717, 1.165) is 19.3 Å². The molecule has 1 rings (SSSR count). The minimum Gasteiger partial charge on any atom is -0.384 e. The predicted octanol–water partition coefficient (Wildman–Crippen LogP) is 2.18. The molecule has 1 aromatic rings. The van der Waals surface area contributed by atoms with Gasteiger partial charge >= 0.3 is 0 Å². The second-order valence-corrected chi connectivity index (χ2v) is 3.46. The lowest BCUT2D eigenvalue weighted by Crippen LogP contribution is -2.14. The molecule has 0 unspecified atom stereocenters. The number of nitrogens with zero attached hydrogens (tertiary/aromatic N) is 1. The highest BCUT2D eigenvalue weighted by Gasteiger charge is 1.96. The number of halogens is 2. The molecule has 0 aliphatic carbocycles. The van der Waals surface area contributed by atoms with Gasteiger partial charge in [0.05, 0.1) is 0 Å². The minimum atomic E-state index is 0. The monoisotopic (exact) mass is 251 g/mol. The zero-order chi connectivity index (χ0) is 9.68. The summed E-state index contributed by atoms with van der Waals surface area (Å²) < 4.78 is 0. The summed E-state index contributed by atoms with van der Waals surface area (Å²) in [6, 6.07) is 4.15. The highest BCUT2D eigenvalue weighted by molar-refractivity contribution is 5.85. The molecule has 88 valence electrons. The summed E-state index contributed by atoms with van der Waals surface area (Å²) in [7, 11) is 0. The number of hydrogen-bond donors (Lipinski definition) is 2. The van der Waals surface area contributed by atoms with E-state index in [4.69, 9.17) is 11.5 Å².